The van der Waals surface area contributed by atoms with Crippen molar-refractivity contribution in [2.75, 3.05) is 0 Å². The van der Waals surface area contributed by atoms with Gasteiger partial charge in [-0.15, -0.1) is 0 Å². The van der Waals surface area contributed by atoms with Gasteiger partial charge in [-0.3, -0.25) is 4.79 Å². The second kappa shape index (κ2) is 5.87. The lowest BCUT2D eigenvalue weighted by Gasteiger charge is -2.16. The van der Waals surface area contributed by atoms with Crippen LogP contribution in [0.2, 0.25) is 0 Å². The van der Waals surface area contributed by atoms with E-state index in [0.717, 1.165) is 23.5 Å². The zero-order chi connectivity index (χ0) is 13.0. The summed E-state index contributed by atoms with van der Waals surface area (Å²) in [6.45, 7) is 7.75. The molecular formula is C13H22N2O2. The topological polar surface area (TPSA) is 68.3 Å². The zero-order valence-corrected chi connectivity index (χ0v) is 11.0. The van der Waals surface area contributed by atoms with Crippen molar-refractivity contribution in [2.45, 2.75) is 52.6 Å². The quantitative estimate of drug-likeness (QED) is 0.826. The van der Waals surface area contributed by atoms with Gasteiger partial charge < -0.3 is 15.5 Å². The van der Waals surface area contributed by atoms with E-state index in [2.05, 4.69) is 5.32 Å². The van der Waals surface area contributed by atoms with Gasteiger partial charge in [0.05, 0.1) is 12.1 Å². The fourth-order valence-corrected chi connectivity index (χ4v) is 1.92. The van der Waals surface area contributed by atoms with Crippen LogP contribution in [0.3, 0.4) is 0 Å². The Kier molecular flexibility index (Phi) is 4.75. The SMILES string of the molecule is CCCC(N)C(=O)NC(C)c1cc(C)oc1C. The van der Waals surface area contributed by atoms with Crippen molar-refractivity contribution < 1.29 is 9.21 Å². The number of hydrogen-bond acceptors (Lipinski definition) is 3. The minimum Gasteiger partial charge on any atom is -0.466 e. The smallest absolute Gasteiger partial charge is 0.237 e. The number of carbonyl (C=O) groups excluding carboxylic acids is 1. The molecule has 0 aromatic carbocycles. The largest absolute Gasteiger partial charge is 0.466 e. The maximum atomic E-state index is 11.8. The van der Waals surface area contributed by atoms with Crippen molar-refractivity contribution >= 4 is 5.91 Å². The molecule has 1 heterocycles. The summed E-state index contributed by atoms with van der Waals surface area (Å²) in [5, 5.41) is 2.91. The van der Waals surface area contributed by atoms with Crippen LogP contribution in [0.25, 0.3) is 0 Å². The molecule has 0 bridgehead atoms. The Labute approximate surface area is 103 Å². The molecule has 0 saturated carbocycles. The highest BCUT2D eigenvalue weighted by Crippen LogP contribution is 2.21. The van der Waals surface area contributed by atoms with E-state index in [1.807, 2.05) is 33.8 Å². The van der Waals surface area contributed by atoms with Crippen LogP contribution in [0.5, 0.6) is 0 Å². The summed E-state index contributed by atoms with van der Waals surface area (Å²) >= 11 is 0. The number of aryl methyl sites for hydroxylation is 2. The van der Waals surface area contributed by atoms with E-state index < -0.39 is 6.04 Å². The molecule has 1 aromatic heterocycles. The van der Waals surface area contributed by atoms with E-state index in [1.54, 1.807) is 0 Å². The van der Waals surface area contributed by atoms with Gasteiger partial charge in [-0.25, -0.2) is 0 Å². The number of rotatable bonds is 5. The third kappa shape index (κ3) is 3.60. The average molecular weight is 238 g/mol. The molecule has 0 fully saturated rings. The maximum Gasteiger partial charge on any atom is 0.237 e. The minimum atomic E-state index is -0.421. The normalized spacial score (nSPS) is 14.4. The Balaban J connectivity index is 2.63. The lowest BCUT2D eigenvalue weighted by atomic mass is 10.1. The molecule has 4 nitrogen and oxygen atoms in total. The Morgan fingerprint density at radius 3 is 2.65 bits per heavy atom. The summed E-state index contributed by atoms with van der Waals surface area (Å²) in [6.07, 6.45) is 1.62. The number of amides is 1. The van der Waals surface area contributed by atoms with E-state index >= 15 is 0 Å². The van der Waals surface area contributed by atoms with Crippen LogP contribution in [-0.4, -0.2) is 11.9 Å². The first-order valence-corrected chi connectivity index (χ1v) is 6.08. The third-order valence-electron chi connectivity index (χ3n) is 2.84. The fraction of sp³-hybridized carbons (Fsp3) is 0.615. The fourth-order valence-electron chi connectivity index (χ4n) is 1.92. The van der Waals surface area contributed by atoms with Gasteiger partial charge in [0.15, 0.2) is 0 Å². The van der Waals surface area contributed by atoms with Crippen molar-refractivity contribution in [3.8, 4) is 0 Å². The summed E-state index contributed by atoms with van der Waals surface area (Å²) in [7, 11) is 0. The molecule has 96 valence electrons. The number of hydrogen-bond donors (Lipinski definition) is 2. The Morgan fingerprint density at radius 1 is 1.53 bits per heavy atom. The number of carbonyl (C=O) groups is 1. The highest BCUT2D eigenvalue weighted by Gasteiger charge is 2.18. The summed E-state index contributed by atoms with van der Waals surface area (Å²) in [4.78, 5) is 11.8. The molecule has 1 rings (SSSR count). The molecular weight excluding hydrogens is 216 g/mol. The van der Waals surface area contributed by atoms with Gasteiger partial charge in [-0.1, -0.05) is 13.3 Å². The van der Waals surface area contributed by atoms with Crippen LogP contribution in [0.1, 0.15) is 49.8 Å². The number of furan rings is 1. The van der Waals surface area contributed by atoms with Gasteiger partial charge in [-0.05, 0) is 33.3 Å². The van der Waals surface area contributed by atoms with E-state index in [-0.39, 0.29) is 11.9 Å². The maximum absolute atomic E-state index is 11.8. The lowest BCUT2D eigenvalue weighted by Crippen LogP contribution is -2.41. The summed E-state index contributed by atoms with van der Waals surface area (Å²) < 4.78 is 5.44. The van der Waals surface area contributed by atoms with Crippen molar-refractivity contribution in [1.29, 1.82) is 0 Å². The summed E-state index contributed by atoms with van der Waals surface area (Å²) in [6, 6.07) is 1.46. The van der Waals surface area contributed by atoms with Crippen molar-refractivity contribution in [2.24, 2.45) is 5.73 Å². The van der Waals surface area contributed by atoms with E-state index in [0.29, 0.717) is 6.42 Å². The number of nitrogens with one attached hydrogen (secondary N) is 1. The number of nitrogens with two attached hydrogens (primary N) is 1. The lowest BCUT2D eigenvalue weighted by molar-refractivity contribution is -0.123. The van der Waals surface area contributed by atoms with Gasteiger partial charge in [0.25, 0.3) is 0 Å². The van der Waals surface area contributed by atoms with Crippen LogP contribution in [0, 0.1) is 13.8 Å². The molecule has 0 saturated heterocycles. The van der Waals surface area contributed by atoms with E-state index in [4.69, 9.17) is 10.2 Å². The van der Waals surface area contributed by atoms with Gasteiger partial charge in [0, 0.05) is 5.56 Å². The second-order valence-corrected chi connectivity index (χ2v) is 4.49. The summed E-state index contributed by atoms with van der Waals surface area (Å²) in [5.74, 6) is 1.61. The van der Waals surface area contributed by atoms with Crippen molar-refractivity contribution in [3.63, 3.8) is 0 Å². The molecule has 0 aliphatic carbocycles. The molecule has 0 aliphatic heterocycles. The Hall–Kier alpha value is -1.29. The van der Waals surface area contributed by atoms with Crippen LogP contribution < -0.4 is 11.1 Å². The van der Waals surface area contributed by atoms with E-state index in [9.17, 15) is 4.79 Å². The molecule has 17 heavy (non-hydrogen) atoms. The first kappa shape index (κ1) is 13.8. The van der Waals surface area contributed by atoms with Crippen molar-refractivity contribution in [3.05, 3.63) is 23.2 Å². The molecule has 4 heteroatoms. The predicted molar refractivity (Wildman–Crippen MR) is 67.6 cm³/mol. The molecule has 1 aromatic rings. The molecule has 0 aliphatic rings. The standard InChI is InChI=1S/C13H22N2O2/c1-5-6-12(14)13(16)15-9(3)11-7-8(2)17-10(11)4/h7,9,12H,5-6,14H2,1-4H3,(H,15,16). The molecule has 2 unspecified atom stereocenters. The van der Waals surface area contributed by atoms with Gasteiger partial charge in [0.2, 0.25) is 5.91 Å². The predicted octanol–water partition coefficient (Wildman–Crippen LogP) is 2.20. The highest BCUT2D eigenvalue weighted by molar-refractivity contribution is 5.81. The Bertz CT molecular complexity index is 385. The van der Waals surface area contributed by atoms with Gasteiger partial charge in [0.1, 0.15) is 11.5 Å². The van der Waals surface area contributed by atoms with Crippen LogP contribution in [0.4, 0.5) is 0 Å². The zero-order valence-electron chi connectivity index (χ0n) is 11.0. The van der Waals surface area contributed by atoms with Gasteiger partial charge in [-0.2, -0.15) is 0 Å². The third-order valence-corrected chi connectivity index (χ3v) is 2.84. The highest BCUT2D eigenvalue weighted by atomic mass is 16.3. The summed E-state index contributed by atoms with van der Waals surface area (Å²) in [5.41, 5.74) is 6.78. The molecule has 0 radical (unpaired) electrons. The van der Waals surface area contributed by atoms with E-state index in [1.165, 1.54) is 0 Å². The average Bonchev–Trinajstić information content (AvgIpc) is 2.58. The molecule has 1 amide bonds. The molecule has 3 N–H and O–H groups in total. The molecule has 0 spiro atoms. The Morgan fingerprint density at radius 2 is 2.18 bits per heavy atom. The van der Waals surface area contributed by atoms with Crippen LogP contribution in [0.15, 0.2) is 10.5 Å². The van der Waals surface area contributed by atoms with Crippen LogP contribution >= 0.6 is 0 Å². The van der Waals surface area contributed by atoms with Gasteiger partial charge >= 0.3 is 0 Å². The molecule has 2 atom stereocenters. The monoisotopic (exact) mass is 238 g/mol. The van der Waals surface area contributed by atoms with Crippen LogP contribution in [-0.2, 0) is 4.79 Å². The first-order valence-electron chi connectivity index (χ1n) is 6.08. The second-order valence-electron chi connectivity index (χ2n) is 4.49. The van der Waals surface area contributed by atoms with Crippen molar-refractivity contribution in [1.82, 2.24) is 5.32 Å². The first-order chi connectivity index (χ1) is 7.95. The minimum absolute atomic E-state index is 0.0668.